The van der Waals surface area contributed by atoms with E-state index >= 15 is 0 Å². The van der Waals surface area contributed by atoms with Gasteiger partial charge in [-0.3, -0.25) is 4.79 Å². The van der Waals surface area contributed by atoms with Crippen LogP contribution >= 0.6 is 11.6 Å². The fourth-order valence-electron chi connectivity index (χ4n) is 4.31. The number of rotatable bonds is 5. The molecule has 1 aliphatic heterocycles. The van der Waals surface area contributed by atoms with E-state index in [9.17, 15) is 13.2 Å². The number of amides is 1. The van der Waals surface area contributed by atoms with Crippen LogP contribution in [0.4, 0.5) is 0 Å². The molecule has 0 aromatic heterocycles. The average molecular weight is 447 g/mol. The lowest BCUT2D eigenvalue weighted by atomic mass is 10.0. The summed E-state index contributed by atoms with van der Waals surface area (Å²) in [5.74, 6) is -0.372. The van der Waals surface area contributed by atoms with Gasteiger partial charge in [0.2, 0.25) is 10.0 Å². The zero-order chi connectivity index (χ0) is 21.3. The molecule has 2 aromatic carbocycles. The molecule has 1 amide bonds. The first kappa shape index (κ1) is 21.3. The lowest BCUT2D eigenvalue weighted by Gasteiger charge is -2.26. The van der Waals surface area contributed by atoms with Crippen molar-refractivity contribution in [3.05, 3.63) is 63.7 Å². The van der Waals surface area contributed by atoms with Crippen molar-refractivity contribution in [2.75, 3.05) is 13.1 Å². The van der Waals surface area contributed by atoms with Crippen molar-refractivity contribution in [2.24, 2.45) is 0 Å². The Balaban J connectivity index is 1.54. The minimum absolute atomic E-state index is 0.115. The van der Waals surface area contributed by atoms with Crippen LogP contribution in [0.25, 0.3) is 0 Å². The molecule has 7 heteroatoms. The molecule has 1 aliphatic carbocycles. The summed E-state index contributed by atoms with van der Waals surface area (Å²) in [5, 5.41) is 3.21. The summed E-state index contributed by atoms with van der Waals surface area (Å²) in [6, 6.07) is 10.5. The fourth-order valence-corrected chi connectivity index (χ4v) is 6.06. The highest BCUT2D eigenvalue weighted by molar-refractivity contribution is 7.89. The maximum Gasteiger partial charge on any atom is 0.253 e. The molecule has 0 bridgehead atoms. The van der Waals surface area contributed by atoms with E-state index in [4.69, 9.17) is 11.6 Å². The van der Waals surface area contributed by atoms with E-state index in [-0.39, 0.29) is 27.4 Å². The molecule has 4 rings (SSSR count). The van der Waals surface area contributed by atoms with Crippen molar-refractivity contribution in [3.8, 4) is 0 Å². The molecule has 30 heavy (non-hydrogen) atoms. The highest BCUT2D eigenvalue weighted by Gasteiger charge is 2.27. The van der Waals surface area contributed by atoms with Gasteiger partial charge in [0, 0.05) is 13.1 Å². The van der Waals surface area contributed by atoms with Gasteiger partial charge in [0.25, 0.3) is 5.91 Å². The van der Waals surface area contributed by atoms with Crippen LogP contribution in [0, 0.1) is 0 Å². The number of sulfonamides is 1. The molecule has 1 N–H and O–H groups in total. The number of hydrogen-bond acceptors (Lipinski definition) is 3. The summed E-state index contributed by atoms with van der Waals surface area (Å²) in [5.41, 5.74) is 3.96. The van der Waals surface area contributed by atoms with Crippen LogP contribution in [0.3, 0.4) is 0 Å². The van der Waals surface area contributed by atoms with E-state index < -0.39 is 10.0 Å². The van der Waals surface area contributed by atoms with E-state index in [2.05, 4.69) is 17.4 Å². The van der Waals surface area contributed by atoms with Crippen molar-refractivity contribution in [2.45, 2.75) is 56.4 Å². The zero-order valence-corrected chi connectivity index (χ0v) is 18.7. The number of hydrogen-bond donors (Lipinski definition) is 1. The molecule has 0 spiro atoms. The van der Waals surface area contributed by atoms with Gasteiger partial charge in [-0.2, -0.15) is 4.31 Å². The molecule has 1 heterocycles. The van der Waals surface area contributed by atoms with Crippen molar-refractivity contribution < 1.29 is 13.2 Å². The third-order valence-corrected chi connectivity index (χ3v) is 8.33. The summed E-state index contributed by atoms with van der Waals surface area (Å²) >= 11 is 6.26. The minimum atomic E-state index is -3.63. The monoisotopic (exact) mass is 446 g/mol. The molecular formula is C23H27ClN2O3S. The first-order chi connectivity index (χ1) is 14.4. The Morgan fingerprint density at radius 3 is 2.50 bits per heavy atom. The highest BCUT2D eigenvalue weighted by atomic mass is 35.5. The first-order valence-electron chi connectivity index (χ1n) is 10.6. The van der Waals surface area contributed by atoms with Crippen molar-refractivity contribution >= 4 is 27.5 Å². The standard InChI is InChI=1S/C23H27ClN2O3S/c1-16(18-9-8-17-6-5-7-19(17)14-18)25-23(27)21-15-20(10-11-22(21)24)30(28,29)26-12-3-2-4-13-26/h8-11,14-16H,2-7,12-13H2,1H3,(H,25,27). The van der Waals surface area contributed by atoms with Gasteiger partial charge in [-0.1, -0.05) is 36.2 Å². The summed E-state index contributed by atoms with van der Waals surface area (Å²) in [4.78, 5) is 13.0. The van der Waals surface area contributed by atoms with E-state index in [1.807, 2.05) is 13.0 Å². The number of halogens is 1. The van der Waals surface area contributed by atoms with Gasteiger partial charge >= 0.3 is 0 Å². The zero-order valence-electron chi connectivity index (χ0n) is 17.2. The Morgan fingerprint density at radius 1 is 1.00 bits per heavy atom. The molecule has 1 atom stereocenters. The first-order valence-corrected chi connectivity index (χ1v) is 12.4. The number of aryl methyl sites for hydroxylation is 2. The van der Waals surface area contributed by atoms with Gasteiger partial charge in [-0.15, -0.1) is 0 Å². The second-order valence-corrected chi connectivity index (χ2v) is 10.5. The third-order valence-electron chi connectivity index (χ3n) is 6.11. The quantitative estimate of drug-likeness (QED) is 0.735. The van der Waals surface area contributed by atoms with Gasteiger partial charge < -0.3 is 5.32 Å². The van der Waals surface area contributed by atoms with Crippen LogP contribution in [0.1, 0.15) is 65.7 Å². The van der Waals surface area contributed by atoms with E-state index in [1.54, 1.807) is 0 Å². The van der Waals surface area contributed by atoms with Gasteiger partial charge in [-0.25, -0.2) is 8.42 Å². The molecular weight excluding hydrogens is 420 g/mol. The second-order valence-electron chi connectivity index (χ2n) is 8.18. The van der Waals surface area contributed by atoms with Crippen molar-refractivity contribution in [1.82, 2.24) is 9.62 Å². The Morgan fingerprint density at radius 2 is 1.73 bits per heavy atom. The van der Waals surface area contributed by atoms with Crippen LogP contribution in [-0.4, -0.2) is 31.7 Å². The number of carbonyl (C=O) groups excluding carboxylic acids is 1. The Labute approximate surface area is 183 Å². The van der Waals surface area contributed by atoms with Crippen LogP contribution in [-0.2, 0) is 22.9 Å². The SMILES string of the molecule is CC(NC(=O)c1cc(S(=O)(=O)N2CCCCC2)ccc1Cl)c1ccc2c(c1)CCC2. The molecule has 0 saturated carbocycles. The van der Waals surface area contributed by atoms with Crippen LogP contribution in [0.15, 0.2) is 41.3 Å². The molecule has 2 aliphatic rings. The van der Waals surface area contributed by atoms with Crippen LogP contribution < -0.4 is 5.32 Å². The Bertz CT molecular complexity index is 1060. The second kappa shape index (κ2) is 8.69. The van der Waals surface area contributed by atoms with Crippen LogP contribution in [0.5, 0.6) is 0 Å². The highest BCUT2D eigenvalue weighted by Crippen LogP contribution is 2.27. The number of nitrogens with one attached hydrogen (secondary N) is 1. The minimum Gasteiger partial charge on any atom is -0.345 e. The largest absolute Gasteiger partial charge is 0.345 e. The number of nitrogens with zero attached hydrogens (tertiary/aromatic N) is 1. The van der Waals surface area contributed by atoms with Gasteiger partial charge in [0.05, 0.1) is 21.5 Å². The lowest BCUT2D eigenvalue weighted by molar-refractivity contribution is 0.0940. The Kier molecular flexibility index (Phi) is 6.19. The summed E-state index contributed by atoms with van der Waals surface area (Å²) < 4.78 is 27.4. The van der Waals surface area contributed by atoms with Gasteiger partial charge in [-0.05, 0) is 73.9 Å². The Hall–Kier alpha value is -1.89. The summed E-state index contributed by atoms with van der Waals surface area (Å²) in [7, 11) is -3.63. The normalized spacial score (nSPS) is 18.1. The molecule has 160 valence electrons. The molecule has 5 nitrogen and oxygen atoms in total. The molecule has 0 radical (unpaired) electrons. The third kappa shape index (κ3) is 4.27. The van der Waals surface area contributed by atoms with Crippen molar-refractivity contribution in [3.63, 3.8) is 0 Å². The fraction of sp³-hybridized carbons (Fsp3) is 0.435. The maximum absolute atomic E-state index is 13.0. The van der Waals surface area contributed by atoms with Gasteiger partial charge in [0.1, 0.15) is 0 Å². The smallest absolute Gasteiger partial charge is 0.253 e. The average Bonchev–Trinajstić information content (AvgIpc) is 3.22. The number of piperidine rings is 1. The molecule has 1 saturated heterocycles. The molecule has 2 aromatic rings. The topological polar surface area (TPSA) is 66.5 Å². The summed E-state index contributed by atoms with van der Waals surface area (Å²) in [6.45, 7) is 2.96. The van der Waals surface area contributed by atoms with Crippen LogP contribution in [0.2, 0.25) is 5.02 Å². The number of benzene rings is 2. The van der Waals surface area contributed by atoms with Gasteiger partial charge in [0.15, 0.2) is 0 Å². The number of fused-ring (bicyclic) bond motifs is 1. The van der Waals surface area contributed by atoms with E-state index in [1.165, 1.54) is 40.1 Å². The van der Waals surface area contributed by atoms with Crippen molar-refractivity contribution in [1.29, 1.82) is 0 Å². The summed E-state index contributed by atoms with van der Waals surface area (Å²) in [6.07, 6.45) is 6.13. The lowest BCUT2D eigenvalue weighted by Crippen LogP contribution is -2.35. The predicted molar refractivity (Wildman–Crippen MR) is 118 cm³/mol. The predicted octanol–water partition coefficient (Wildman–Crippen LogP) is 4.49. The molecule has 1 unspecified atom stereocenters. The van der Waals surface area contributed by atoms with E-state index in [0.29, 0.717) is 13.1 Å². The van der Waals surface area contributed by atoms with E-state index in [0.717, 1.165) is 37.7 Å². The maximum atomic E-state index is 13.0. The molecule has 1 fully saturated rings. The number of carbonyl (C=O) groups is 1.